The maximum atomic E-state index is 4.77. The number of hydrogen-bond donors (Lipinski definition) is 0. The Hall–Kier alpha value is -2.28. The number of aromatic nitrogens is 1. The van der Waals surface area contributed by atoms with Gasteiger partial charge in [0.25, 0.3) is 0 Å². The smallest absolute Gasteiger partial charge is 0.0242 e. The fourth-order valence-electron chi connectivity index (χ4n) is 4.46. The molecule has 28 heavy (non-hydrogen) atoms. The van der Waals surface area contributed by atoms with Crippen molar-refractivity contribution in [1.29, 1.82) is 0 Å². The summed E-state index contributed by atoms with van der Waals surface area (Å²) in [5.41, 5.74) is 9.99. The molecule has 1 aromatic heterocycles. The van der Waals surface area contributed by atoms with Gasteiger partial charge in [0.2, 0.25) is 0 Å². The Morgan fingerprint density at radius 3 is 2.32 bits per heavy atom. The summed E-state index contributed by atoms with van der Waals surface area (Å²) in [5, 5.41) is 2.50. The molecule has 0 spiro atoms. The SMILES string of the molecule is Cc1ccc(C)c2cc(-c3[c-]cc4c(c3)C(C)(C)c3ccccc3-4)ncc12.[Ir]. The fourth-order valence-corrected chi connectivity index (χ4v) is 4.46. The van der Waals surface area contributed by atoms with Crippen LogP contribution in [0, 0.1) is 19.9 Å². The average molecular weight is 541 g/mol. The van der Waals surface area contributed by atoms with Crippen LogP contribution in [0.4, 0.5) is 0 Å². The molecular weight excluding hydrogens is 519 g/mol. The molecule has 2 heteroatoms. The normalized spacial score (nSPS) is 13.7. The van der Waals surface area contributed by atoms with Gasteiger partial charge < -0.3 is 4.98 Å². The standard InChI is InChI=1S/C26H22N.Ir/c1-16-9-10-17(2)22-15-27-25(14-21(16)22)18-11-12-20-19-7-5-6-8-23(19)26(3,4)24(20)13-18;/h5-10,12-15H,1-4H3;/q-1;. The van der Waals surface area contributed by atoms with Crippen molar-refractivity contribution < 1.29 is 20.1 Å². The van der Waals surface area contributed by atoms with E-state index in [2.05, 4.69) is 88.4 Å². The van der Waals surface area contributed by atoms with Crippen molar-refractivity contribution in [2.24, 2.45) is 0 Å². The third kappa shape index (κ3) is 2.67. The number of benzene rings is 3. The molecule has 1 heterocycles. The third-order valence-corrected chi connectivity index (χ3v) is 6.13. The van der Waals surface area contributed by atoms with Crippen molar-refractivity contribution in [1.82, 2.24) is 4.98 Å². The van der Waals surface area contributed by atoms with Crippen molar-refractivity contribution >= 4 is 10.8 Å². The molecule has 0 fully saturated rings. The predicted molar refractivity (Wildman–Crippen MR) is 113 cm³/mol. The van der Waals surface area contributed by atoms with Gasteiger partial charge in [-0.25, -0.2) is 0 Å². The average Bonchev–Trinajstić information content (AvgIpc) is 2.92. The Morgan fingerprint density at radius 2 is 1.54 bits per heavy atom. The Balaban J connectivity index is 0.00000192. The van der Waals surface area contributed by atoms with Gasteiger partial charge in [-0.15, -0.1) is 29.3 Å². The summed E-state index contributed by atoms with van der Waals surface area (Å²) in [6, 6.07) is 23.2. The zero-order chi connectivity index (χ0) is 18.8. The van der Waals surface area contributed by atoms with E-state index < -0.39 is 0 Å². The van der Waals surface area contributed by atoms with E-state index in [0.29, 0.717) is 0 Å². The second-order valence-corrected chi connectivity index (χ2v) is 8.16. The van der Waals surface area contributed by atoms with E-state index in [1.54, 1.807) is 0 Å². The maximum absolute atomic E-state index is 4.77. The minimum atomic E-state index is -0.000863. The molecule has 141 valence electrons. The molecule has 1 nitrogen and oxygen atoms in total. The molecule has 0 N–H and O–H groups in total. The van der Waals surface area contributed by atoms with Gasteiger partial charge in [0.15, 0.2) is 0 Å². The van der Waals surface area contributed by atoms with E-state index in [1.807, 2.05) is 6.20 Å². The van der Waals surface area contributed by atoms with Crippen LogP contribution in [-0.2, 0) is 25.5 Å². The van der Waals surface area contributed by atoms with Crippen LogP contribution in [0.3, 0.4) is 0 Å². The van der Waals surface area contributed by atoms with E-state index in [0.717, 1.165) is 11.3 Å². The molecule has 1 aliphatic carbocycles. The van der Waals surface area contributed by atoms with Crippen molar-refractivity contribution in [2.45, 2.75) is 33.1 Å². The summed E-state index contributed by atoms with van der Waals surface area (Å²) < 4.78 is 0. The number of pyridine rings is 1. The van der Waals surface area contributed by atoms with E-state index in [-0.39, 0.29) is 25.5 Å². The summed E-state index contributed by atoms with van der Waals surface area (Å²) in [6.45, 7) is 8.92. The van der Waals surface area contributed by atoms with Gasteiger partial charge in [0, 0.05) is 31.7 Å². The number of nitrogens with zero attached hydrogens (tertiary/aromatic N) is 1. The monoisotopic (exact) mass is 541 g/mol. The molecule has 0 saturated heterocycles. The zero-order valence-electron chi connectivity index (χ0n) is 16.6. The summed E-state index contributed by atoms with van der Waals surface area (Å²) >= 11 is 0. The van der Waals surface area contributed by atoms with Crippen molar-refractivity contribution in [3.8, 4) is 22.4 Å². The Morgan fingerprint density at radius 1 is 0.821 bits per heavy atom. The molecule has 0 aliphatic heterocycles. The largest absolute Gasteiger partial charge is 0.304 e. The summed E-state index contributed by atoms with van der Waals surface area (Å²) in [7, 11) is 0. The van der Waals surface area contributed by atoms with Crippen LogP contribution in [0.25, 0.3) is 33.2 Å². The molecule has 0 atom stereocenters. The molecule has 0 amide bonds. The van der Waals surface area contributed by atoms with Gasteiger partial charge in [0.1, 0.15) is 0 Å². The van der Waals surface area contributed by atoms with Crippen molar-refractivity contribution in [3.05, 3.63) is 89.1 Å². The quantitative estimate of drug-likeness (QED) is 0.247. The molecule has 0 bridgehead atoms. The van der Waals surface area contributed by atoms with E-state index in [4.69, 9.17) is 4.98 Å². The van der Waals surface area contributed by atoms with Gasteiger partial charge in [-0.05, 0) is 47.0 Å². The zero-order valence-corrected chi connectivity index (χ0v) is 18.9. The first-order valence-corrected chi connectivity index (χ1v) is 9.49. The number of rotatable bonds is 1. The predicted octanol–water partition coefficient (Wildman–Crippen LogP) is 6.62. The van der Waals surface area contributed by atoms with Crippen LogP contribution in [0.15, 0.2) is 60.8 Å². The first-order chi connectivity index (χ1) is 13.0. The minimum Gasteiger partial charge on any atom is -0.304 e. The second kappa shape index (κ2) is 6.65. The van der Waals surface area contributed by atoms with Crippen molar-refractivity contribution in [2.75, 3.05) is 0 Å². The minimum absolute atomic E-state index is 0. The van der Waals surface area contributed by atoms with Crippen molar-refractivity contribution in [3.63, 3.8) is 0 Å². The molecule has 1 radical (unpaired) electrons. The maximum Gasteiger partial charge on any atom is 0.0242 e. The van der Waals surface area contributed by atoms with Crippen LogP contribution in [0.5, 0.6) is 0 Å². The van der Waals surface area contributed by atoms with Gasteiger partial charge in [0.05, 0.1) is 0 Å². The first kappa shape index (κ1) is 19.1. The summed E-state index contributed by atoms with van der Waals surface area (Å²) in [5.74, 6) is 0. The van der Waals surface area contributed by atoms with E-state index in [1.165, 1.54) is 44.2 Å². The van der Waals surface area contributed by atoms with Crippen LogP contribution < -0.4 is 0 Å². The van der Waals surface area contributed by atoms with Crippen LogP contribution in [-0.4, -0.2) is 4.98 Å². The molecule has 5 rings (SSSR count). The van der Waals surface area contributed by atoms with E-state index >= 15 is 0 Å². The molecule has 4 aromatic rings. The van der Waals surface area contributed by atoms with Crippen LogP contribution in [0.2, 0.25) is 0 Å². The molecule has 0 unspecified atom stereocenters. The summed E-state index contributed by atoms with van der Waals surface area (Å²) in [4.78, 5) is 4.77. The topological polar surface area (TPSA) is 12.9 Å². The molecule has 1 aliphatic rings. The molecule has 3 aromatic carbocycles. The number of fused-ring (bicyclic) bond motifs is 4. The van der Waals surface area contributed by atoms with Crippen LogP contribution >= 0.6 is 0 Å². The first-order valence-electron chi connectivity index (χ1n) is 9.49. The Bertz CT molecular complexity index is 1220. The Kier molecular flexibility index (Phi) is 4.53. The summed E-state index contributed by atoms with van der Waals surface area (Å²) in [6.07, 6.45) is 2.01. The van der Waals surface area contributed by atoms with Gasteiger partial charge in [-0.1, -0.05) is 67.4 Å². The number of hydrogen-bond acceptors (Lipinski definition) is 1. The molecule has 0 saturated carbocycles. The third-order valence-electron chi connectivity index (χ3n) is 6.13. The van der Waals surface area contributed by atoms with Gasteiger partial charge in [-0.2, -0.15) is 0 Å². The second-order valence-electron chi connectivity index (χ2n) is 8.16. The fraction of sp³-hybridized carbons (Fsp3) is 0.192. The van der Waals surface area contributed by atoms with Crippen LogP contribution in [0.1, 0.15) is 36.1 Å². The molecular formula is C26H22IrN-. The van der Waals surface area contributed by atoms with E-state index in [9.17, 15) is 0 Å². The van der Waals surface area contributed by atoms with Gasteiger partial charge >= 0.3 is 0 Å². The Labute approximate surface area is 180 Å². The number of aryl methyl sites for hydroxylation is 2. The van der Waals surface area contributed by atoms with Gasteiger partial charge in [-0.3, -0.25) is 0 Å².